The highest BCUT2D eigenvalue weighted by atomic mass is 16.2. The second kappa shape index (κ2) is 9.46. The molecule has 0 aliphatic rings. The number of carbonyl (C=O) groups excluding carboxylic acids is 1. The monoisotopic (exact) mass is 242 g/mol. The molecule has 0 fully saturated rings. The van der Waals surface area contributed by atoms with E-state index in [0.717, 1.165) is 19.3 Å². The molecule has 0 aromatic carbocycles. The standard InChI is InChI=1S/C14H30N2O/c1-6-8-10-12(4)15-13(5)14(17)16-11(3)9-7-2/h11-13,15H,6-10H2,1-5H3,(H,16,17). The van der Waals surface area contributed by atoms with Crippen molar-refractivity contribution in [2.24, 2.45) is 0 Å². The third-order valence-electron chi connectivity index (χ3n) is 3.03. The Kier molecular flexibility index (Phi) is 9.14. The summed E-state index contributed by atoms with van der Waals surface area (Å²) in [6.45, 7) is 10.5. The lowest BCUT2D eigenvalue weighted by Gasteiger charge is -2.21. The number of rotatable bonds is 9. The number of amides is 1. The molecule has 17 heavy (non-hydrogen) atoms. The Morgan fingerprint density at radius 1 is 1.00 bits per heavy atom. The van der Waals surface area contributed by atoms with Crippen molar-refractivity contribution >= 4 is 5.91 Å². The van der Waals surface area contributed by atoms with E-state index in [-0.39, 0.29) is 18.0 Å². The van der Waals surface area contributed by atoms with Crippen molar-refractivity contribution in [3.63, 3.8) is 0 Å². The van der Waals surface area contributed by atoms with Gasteiger partial charge in [0.25, 0.3) is 0 Å². The highest BCUT2D eigenvalue weighted by molar-refractivity contribution is 5.81. The second-order valence-electron chi connectivity index (χ2n) is 5.13. The Bertz CT molecular complexity index is 206. The molecular weight excluding hydrogens is 212 g/mol. The Labute approximate surface area is 107 Å². The van der Waals surface area contributed by atoms with Gasteiger partial charge in [0.15, 0.2) is 0 Å². The van der Waals surface area contributed by atoms with E-state index in [4.69, 9.17) is 0 Å². The van der Waals surface area contributed by atoms with E-state index in [1.165, 1.54) is 12.8 Å². The summed E-state index contributed by atoms with van der Waals surface area (Å²) in [5.41, 5.74) is 0. The van der Waals surface area contributed by atoms with Gasteiger partial charge in [0.05, 0.1) is 6.04 Å². The molecule has 0 radical (unpaired) electrons. The smallest absolute Gasteiger partial charge is 0.237 e. The van der Waals surface area contributed by atoms with E-state index in [2.05, 4.69) is 38.3 Å². The number of carbonyl (C=O) groups is 1. The zero-order valence-corrected chi connectivity index (χ0v) is 12.2. The van der Waals surface area contributed by atoms with E-state index in [1.807, 2.05) is 6.92 Å². The molecule has 3 unspecified atom stereocenters. The van der Waals surface area contributed by atoms with Crippen LogP contribution in [-0.2, 0) is 4.79 Å². The quantitative estimate of drug-likeness (QED) is 0.653. The number of nitrogens with one attached hydrogen (secondary N) is 2. The summed E-state index contributed by atoms with van der Waals surface area (Å²) in [5, 5.41) is 6.39. The minimum Gasteiger partial charge on any atom is -0.352 e. The van der Waals surface area contributed by atoms with Crippen LogP contribution in [0.4, 0.5) is 0 Å². The molecule has 0 aliphatic carbocycles. The van der Waals surface area contributed by atoms with Gasteiger partial charge in [-0.2, -0.15) is 0 Å². The van der Waals surface area contributed by atoms with Crippen LogP contribution in [-0.4, -0.2) is 24.0 Å². The fourth-order valence-corrected chi connectivity index (χ4v) is 1.97. The second-order valence-corrected chi connectivity index (χ2v) is 5.13. The first-order valence-electron chi connectivity index (χ1n) is 7.07. The molecule has 0 aromatic heterocycles. The van der Waals surface area contributed by atoms with Crippen molar-refractivity contribution in [3.05, 3.63) is 0 Å². The third-order valence-corrected chi connectivity index (χ3v) is 3.03. The maximum Gasteiger partial charge on any atom is 0.237 e. The predicted octanol–water partition coefficient (Wildman–Crippen LogP) is 2.85. The first kappa shape index (κ1) is 16.4. The van der Waals surface area contributed by atoms with Gasteiger partial charge >= 0.3 is 0 Å². The van der Waals surface area contributed by atoms with Crippen LogP contribution in [0.25, 0.3) is 0 Å². The maximum atomic E-state index is 11.9. The summed E-state index contributed by atoms with van der Waals surface area (Å²) in [4.78, 5) is 11.9. The van der Waals surface area contributed by atoms with Gasteiger partial charge in [0.2, 0.25) is 5.91 Å². The highest BCUT2D eigenvalue weighted by Gasteiger charge is 2.16. The molecule has 3 nitrogen and oxygen atoms in total. The molecule has 3 heteroatoms. The molecule has 0 saturated heterocycles. The predicted molar refractivity (Wildman–Crippen MR) is 74.1 cm³/mol. The van der Waals surface area contributed by atoms with Crippen molar-refractivity contribution in [2.75, 3.05) is 0 Å². The molecule has 0 heterocycles. The van der Waals surface area contributed by atoms with Gasteiger partial charge in [-0.3, -0.25) is 4.79 Å². The molecule has 3 atom stereocenters. The van der Waals surface area contributed by atoms with Crippen LogP contribution in [0.2, 0.25) is 0 Å². The van der Waals surface area contributed by atoms with Crippen molar-refractivity contribution in [1.29, 1.82) is 0 Å². The zero-order chi connectivity index (χ0) is 13.3. The van der Waals surface area contributed by atoms with Crippen molar-refractivity contribution in [1.82, 2.24) is 10.6 Å². The lowest BCUT2D eigenvalue weighted by molar-refractivity contribution is -0.123. The van der Waals surface area contributed by atoms with Crippen molar-refractivity contribution in [2.45, 2.75) is 84.8 Å². The molecule has 0 spiro atoms. The number of unbranched alkanes of at least 4 members (excludes halogenated alkanes) is 1. The molecule has 0 aromatic rings. The van der Waals surface area contributed by atoms with Gasteiger partial charge in [-0.05, 0) is 33.6 Å². The van der Waals surface area contributed by atoms with Crippen LogP contribution in [0, 0.1) is 0 Å². The highest BCUT2D eigenvalue weighted by Crippen LogP contribution is 2.01. The molecular formula is C14H30N2O. The summed E-state index contributed by atoms with van der Waals surface area (Å²) in [7, 11) is 0. The number of hydrogen-bond acceptors (Lipinski definition) is 2. The minimum atomic E-state index is -0.0961. The first-order valence-corrected chi connectivity index (χ1v) is 7.07. The maximum absolute atomic E-state index is 11.9. The summed E-state index contributed by atoms with van der Waals surface area (Å²) in [6, 6.07) is 0.598. The molecule has 2 N–H and O–H groups in total. The van der Waals surface area contributed by atoms with E-state index < -0.39 is 0 Å². The van der Waals surface area contributed by atoms with Crippen molar-refractivity contribution in [3.8, 4) is 0 Å². The molecule has 0 rings (SSSR count). The molecule has 0 aliphatic heterocycles. The van der Waals surface area contributed by atoms with E-state index in [1.54, 1.807) is 0 Å². The van der Waals surface area contributed by atoms with E-state index in [0.29, 0.717) is 6.04 Å². The van der Waals surface area contributed by atoms with Gasteiger partial charge in [0.1, 0.15) is 0 Å². The van der Waals surface area contributed by atoms with E-state index >= 15 is 0 Å². The zero-order valence-electron chi connectivity index (χ0n) is 12.2. The topological polar surface area (TPSA) is 41.1 Å². The first-order chi connectivity index (χ1) is 8.01. The molecule has 0 bridgehead atoms. The fourth-order valence-electron chi connectivity index (χ4n) is 1.97. The largest absolute Gasteiger partial charge is 0.352 e. The molecule has 102 valence electrons. The molecule has 1 amide bonds. The Hall–Kier alpha value is -0.570. The van der Waals surface area contributed by atoms with E-state index in [9.17, 15) is 4.79 Å². The SMILES string of the molecule is CCCCC(C)NC(C)C(=O)NC(C)CCC. The summed E-state index contributed by atoms with van der Waals surface area (Å²) >= 11 is 0. The molecule has 0 saturated carbocycles. The van der Waals surface area contributed by atoms with Crippen LogP contribution in [0.3, 0.4) is 0 Å². The average Bonchev–Trinajstić information content (AvgIpc) is 2.26. The lowest BCUT2D eigenvalue weighted by atomic mass is 10.1. The van der Waals surface area contributed by atoms with Gasteiger partial charge in [-0.1, -0.05) is 33.1 Å². The Balaban J connectivity index is 3.87. The lowest BCUT2D eigenvalue weighted by Crippen LogP contribution is -2.48. The van der Waals surface area contributed by atoms with Gasteiger partial charge in [0, 0.05) is 12.1 Å². The van der Waals surface area contributed by atoms with Crippen LogP contribution >= 0.6 is 0 Å². The number of hydrogen-bond donors (Lipinski definition) is 2. The fraction of sp³-hybridized carbons (Fsp3) is 0.929. The Morgan fingerprint density at radius 2 is 1.65 bits per heavy atom. The van der Waals surface area contributed by atoms with Gasteiger partial charge in [-0.15, -0.1) is 0 Å². The van der Waals surface area contributed by atoms with Gasteiger partial charge in [-0.25, -0.2) is 0 Å². The summed E-state index contributed by atoms with van der Waals surface area (Å²) in [5.74, 6) is 0.120. The normalized spacial score (nSPS) is 16.3. The summed E-state index contributed by atoms with van der Waals surface area (Å²) in [6.07, 6.45) is 5.72. The summed E-state index contributed by atoms with van der Waals surface area (Å²) < 4.78 is 0. The van der Waals surface area contributed by atoms with Crippen LogP contribution in [0.15, 0.2) is 0 Å². The Morgan fingerprint density at radius 3 is 2.18 bits per heavy atom. The average molecular weight is 242 g/mol. The van der Waals surface area contributed by atoms with Crippen LogP contribution in [0.1, 0.15) is 66.7 Å². The van der Waals surface area contributed by atoms with Crippen molar-refractivity contribution < 1.29 is 4.79 Å². The minimum absolute atomic E-state index is 0.0961. The van der Waals surface area contributed by atoms with Crippen LogP contribution in [0.5, 0.6) is 0 Å². The third kappa shape index (κ3) is 8.19. The van der Waals surface area contributed by atoms with Crippen LogP contribution < -0.4 is 10.6 Å². The van der Waals surface area contributed by atoms with Gasteiger partial charge < -0.3 is 10.6 Å².